The predicted molar refractivity (Wildman–Crippen MR) is 97.9 cm³/mol. The van der Waals surface area contributed by atoms with Crippen molar-refractivity contribution >= 4 is 32.9 Å². The van der Waals surface area contributed by atoms with Gasteiger partial charge in [0.25, 0.3) is 11.1 Å². The van der Waals surface area contributed by atoms with Gasteiger partial charge in [0.2, 0.25) is 0 Å². The molecular weight excluding hydrogens is 376 g/mol. The highest BCUT2D eigenvalue weighted by molar-refractivity contribution is 8.76. The van der Waals surface area contributed by atoms with E-state index in [2.05, 4.69) is 30.6 Å². The van der Waals surface area contributed by atoms with Crippen LogP contribution in [0.5, 0.6) is 0 Å². The quantitative estimate of drug-likeness (QED) is 0.500. The molecule has 0 unspecified atom stereocenters. The van der Waals surface area contributed by atoms with Gasteiger partial charge in [-0.3, -0.25) is 19.8 Å². The SMILES string of the molecule is Cc1[nH]n2c(=O)c(C)nnc2c1SSc1c(C)[nH]n2c(=O)c(C)nnc12. The molecule has 4 heterocycles. The van der Waals surface area contributed by atoms with Crippen molar-refractivity contribution in [2.75, 3.05) is 0 Å². The summed E-state index contributed by atoms with van der Waals surface area (Å²) in [6.45, 7) is 6.96. The van der Waals surface area contributed by atoms with Crippen molar-refractivity contribution in [3.05, 3.63) is 43.5 Å². The summed E-state index contributed by atoms with van der Waals surface area (Å²) in [7, 11) is 2.83. The van der Waals surface area contributed by atoms with Gasteiger partial charge in [0, 0.05) is 11.4 Å². The molecule has 10 nitrogen and oxygen atoms in total. The number of nitrogens with zero attached hydrogens (tertiary/aromatic N) is 6. The minimum Gasteiger partial charge on any atom is -0.293 e. The summed E-state index contributed by atoms with van der Waals surface area (Å²) >= 11 is 0. The molecule has 0 amide bonds. The Hall–Kier alpha value is -2.60. The number of aryl methyl sites for hydroxylation is 4. The number of nitrogens with one attached hydrogen (secondary N) is 2. The Morgan fingerprint density at radius 3 is 1.46 bits per heavy atom. The lowest BCUT2D eigenvalue weighted by Gasteiger charge is -2.00. The van der Waals surface area contributed by atoms with Crippen LogP contribution in [0, 0.1) is 27.7 Å². The zero-order chi connectivity index (χ0) is 18.6. The lowest BCUT2D eigenvalue weighted by Crippen LogP contribution is -2.19. The van der Waals surface area contributed by atoms with E-state index in [0.29, 0.717) is 22.7 Å². The van der Waals surface area contributed by atoms with E-state index in [9.17, 15) is 9.59 Å². The molecule has 0 aliphatic rings. The van der Waals surface area contributed by atoms with E-state index >= 15 is 0 Å². The van der Waals surface area contributed by atoms with E-state index in [4.69, 9.17) is 0 Å². The van der Waals surface area contributed by atoms with Crippen molar-refractivity contribution in [1.29, 1.82) is 0 Å². The minimum atomic E-state index is -0.230. The Morgan fingerprint density at radius 1 is 0.692 bits per heavy atom. The van der Waals surface area contributed by atoms with E-state index in [-0.39, 0.29) is 11.1 Å². The lowest BCUT2D eigenvalue weighted by atomic mass is 10.5. The number of aromatic amines is 2. The molecule has 134 valence electrons. The standard InChI is InChI=1S/C14H14N8O2S2/c1-5-9(11-17-15-7(3)13(23)21(11)19-5)25-26-10-6(2)20-22-12(10)18-16-8(4)14(22)24/h19-20H,1-4H3. The normalized spacial score (nSPS) is 11.7. The molecule has 0 fully saturated rings. The van der Waals surface area contributed by atoms with Gasteiger partial charge in [-0.25, -0.2) is 0 Å². The fraction of sp³-hybridized carbons (Fsp3) is 0.286. The molecule has 4 rings (SSSR count). The molecule has 0 saturated heterocycles. The summed E-state index contributed by atoms with van der Waals surface area (Å²) in [6, 6.07) is 0. The van der Waals surface area contributed by atoms with Crippen LogP contribution >= 0.6 is 21.6 Å². The summed E-state index contributed by atoms with van der Waals surface area (Å²) in [6.07, 6.45) is 0. The molecule has 0 aromatic carbocycles. The molecular formula is C14H14N8O2S2. The lowest BCUT2D eigenvalue weighted by molar-refractivity contribution is 0.817. The van der Waals surface area contributed by atoms with E-state index in [0.717, 1.165) is 21.2 Å². The monoisotopic (exact) mass is 390 g/mol. The number of fused-ring (bicyclic) bond motifs is 2. The van der Waals surface area contributed by atoms with Crippen molar-refractivity contribution in [3.8, 4) is 0 Å². The van der Waals surface area contributed by atoms with E-state index < -0.39 is 0 Å². The topological polar surface area (TPSA) is 126 Å². The second-order valence-corrected chi connectivity index (χ2v) is 7.95. The molecule has 0 bridgehead atoms. The first-order valence-corrected chi connectivity index (χ1v) is 9.77. The average molecular weight is 390 g/mol. The number of hydrogen-bond donors (Lipinski definition) is 2. The smallest absolute Gasteiger partial charge is 0.293 e. The van der Waals surface area contributed by atoms with Gasteiger partial charge in [-0.15, -0.1) is 20.4 Å². The molecule has 0 aliphatic heterocycles. The number of H-pyrrole nitrogens is 2. The van der Waals surface area contributed by atoms with Crippen molar-refractivity contribution in [1.82, 2.24) is 39.6 Å². The summed E-state index contributed by atoms with van der Waals surface area (Å²) < 4.78 is 2.77. The molecule has 0 radical (unpaired) electrons. The summed E-state index contributed by atoms with van der Waals surface area (Å²) in [4.78, 5) is 25.9. The Balaban J connectivity index is 1.77. The third kappa shape index (κ3) is 2.44. The summed E-state index contributed by atoms with van der Waals surface area (Å²) in [5, 5.41) is 22.1. The van der Waals surface area contributed by atoms with Crippen molar-refractivity contribution in [2.24, 2.45) is 0 Å². The zero-order valence-corrected chi connectivity index (χ0v) is 15.9. The van der Waals surface area contributed by atoms with Crippen LogP contribution in [0.4, 0.5) is 0 Å². The van der Waals surface area contributed by atoms with Crippen LogP contribution in [0.25, 0.3) is 11.3 Å². The maximum atomic E-state index is 12.2. The maximum absolute atomic E-state index is 12.2. The maximum Gasteiger partial charge on any atom is 0.294 e. The van der Waals surface area contributed by atoms with Crippen LogP contribution in [0.1, 0.15) is 22.8 Å². The number of aromatic nitrogens is 8. The molecule has 0 aliphatic carbocycles. The highest BCUT2D eigenvalue weighted by atomic mass is 33.1. The molecule has 4 aromatic rings. The van der Waals surface area contributed by atoms with Crippen LogP contribution in [-0.2, 0) is 0 Å². The predicted octanol–water partition coefficient (Wildman–Crippen LogP) is 1.18. The van der Waals surface area contributed by atoms with Crippen LogP contribution in [-0.4, -0.2) is 39.6 Å². The van der Waals surface area contributed by atoms with Crippen LogP contribution in [0.3, 0.4) is 0 Å². The first kappa shape index (κ1) is 16.8. The zero-order valence-electron chi connectivity index (χ0n) is 14.3. The minimum absolute atomic E-state index is 0.230. The average Bonchev–Trinajstić information content (AvgIpc) is 3.10. The first-order chi connectivity index (χ1) is 12.4. The molecule has 4 aromatic heterocycles. The second kappa shape index (κ2) is 5.99. The van der Waals surface area contributed by atoms with Crippen molar-refractivity contribution in [3.63, 3.8) is 0 Å². The Bertz CT molecular complexity index is 1180. The van der Waals surface area contributed by atoms with E-state index in [1.165, 1.54) is 30.6 Å². The van der Waals surface area contributed by atoms with E-state index in [1.54, 1.807) is 13.8 Å². The highest BCUT2D eigenvalue weighted by Crippen LogP contribution is 2.42. The Labute approximate surface area is 153 Å². The molecule has 0 saturated carbocycles. The van der Waals surface area contributed by atoms with Gasteiger partial charge in [-0.1, -0.05) is 0 Å². The van der Waals surface area contributed by atoms with Gasteiger partial charge in [-0.2, -0.15) is 9.03 Å². The van der Waals surface area contributed by atoms with Crippen molar-refractivity contribution < 1.29 is 0 Å². The van der Waals surface area contributed by atoms with Gasteiger partial charge in [0.1, 0.15) is 11.4 Å². The van der Waals surface area contributed by atoms with Crippen LogP contribution < -0.4 is 11.1 Å². The fourth-order valence-electron chi connectivity index (χ4n) is 2.49. The van der Waals surface area contributed by atoms with Crippen LogP contribution in [0.2, 0.25) is 0 Å². The molecule has 2 N–H and O–H groups in total. The van der Waals surface area contributed by atoms with Crippen molar-refractivity contribution in [2.45, 2.75) is 37.5 Å². The summed E-state index contributed by atoms with van der Waals surface area (Å²) in [5.74, 6) is 0. The van der Waals surface area contributed by atoms with Gasteiger partial charge in [0.05, 0.1) is 9.79 Å². The highest BCUT2D eigenvalue weighted by Gasteiger charge is 2.18. The molecule has 12 heteroatoms. The molecule has 0 spiro atoms. The largest absolute Gasteiger partial charge is 0.294 e. The van der Waals surface area contributed by atoms with Gasteiger partial charge in [-0.05, 0) is 49.3 Å². The number of rotatable bonds is 3. The van der Waals surface area contributed by atoms with Gasteiger partial charge >= 0.3 is 0 Å². The fourth-order valence-corrected chi connectivity index (χ4v) is 5.11. The second-order valence-electron chi connectivity index (χ2n) is 5.80. The Kier molecular flexibility index (Phi) is 3.88. The Morgan fingerprint density at radius 2 is 1.08 bits per heavy atom. The molecule has 0 atom stereocenters. The first-order valence-electron chi connectivity index (χ1n) is 7.62. The number of hydrogen-bond acceptors (Lipinski definition) is 8. The third-order valence-electron chi connectivity index (χ3n) is 3.89. The van der Waals surface area contributed by atoms with Crippen LogP contribution in [0.15, 0.2) is 19.4 Å². The third-order valence-corrected chi connectivity index (χ3v) is 6.54. The van der Waals surface area contributed by atoms with E-state index in [1.807, 2.05) is 13.8 Å². The van der Waals surface area contributed by atoms with Gasteiger partial charge in [0.15, 0.2) is 11.3 Å². The summed E-state index contributed by atoms with van der Waals surface area (Å²) in [5.41, 5.74) is 2.72. The molecule has 26 heavy (non-hydrogen) atoms. The van der Waals surface area contributed by atoms with Gasteiger partial charge < -0.3 is 0 Å².